The molecule has 1 aliphatic heterocycles. The van der Waals surface area contributed by atoms with Crippen LogP contribution in [0.15, 0.2) is 18.2 Å². The molecule has 1 heterocycles. The summed E-state index contributed by atoms with van der Waals surface area (Å²) in [7, 11) is 0. The van der Waals surface area contributed by atoms with Gasteiger partial charge in [0.2, 0.25) is 0 Å². The highest BCUT2D eigenvalue weighted by Crippen LogP contribution is 2.35. The minimum atomic E-state index is -0.213. The number of benzene rings is 1. The number of hydrogen-bond acceptors (Lipinski definition) is 4. The Labute approximate surface area is 122 Å². The maximum Gasteiger partial charge on any atom is 0.263 e. The number of anilines is 1. The summed E-state index contributed by atoms with van der Waals surface area (Å²) in [5, 5.41) is 0.537. The Kier molecular flexibility index (Phi) is 3.46. The first-order valence-corrected chi connectivity index (χ1v) is 8.21. The van der Waals surface area contributed by atoms with Gasteiger partial charge in [-0.15, -0.1) is 0 Å². The number of nitrogens with two attached hydrogens (primary N) is 1. The first-order chi connectivity index (χ1) is 9.63. The Hall–Kier alpha value is -1.49. The van der Waals surface area contributed by atoms with Crippen LogP contribution in [0.3, 0.4) is 0 Å². The van der Waals surface area contributed by atoms with E-state index >= 15 is 0 Å². The highest BCUT2D eigenvalue weighted by atomic mass is 32.2. The molecule has 20 heavy (non-hydrogen) atoms. The molecule has 0 spiro atoms. The van der Waals surface area contributed by atoms with Crippen LogP contribution in [-0.2, 0) is 0 Å². The van der Waals surface area contributed by atoms with Gasteiger partial charge in [0.1, 0.15) is 0 Å². The second-order valence-corrected chi connectivity index (χ2v) is 6.57. The number of amides is 2. The predicted octanol–water partition coefficient (Wildman–Crippen LogP) is 2.54. The van der Waals surface area contributed by atoms with E-state index in [0.29, 0.717) is 22.1 Å². The van der Waals surface area contributed by atoms with Crippen molar-refractivity contribution < 1.29 is 9.59 Å². The number of carbonyl (C=O) groups excluding carboxylic acids is 2. The molecule has 2 atom stereocenters. The number of nitrogens with zero attached hydrogens (tertiary/aromatic N) is 1. The fourth-order valence-electron chi connectivity index (χ4n) is 3.23. The Morgan fingerprint density at radius 3 is 2.75 bits per heavy atom. The first-order valence-electron chi connectivity index (χ1n) is 6.92. The van der Waals surface area contributed by atoms with Gasteiger partial charge in [0, 0.05) is 17.0 Å². The van der Waals surface area contributed by atoms with Crippen LogP contribution in [0.5, 0.6) is 0 Å². The summed E-state index contributed by atoms with van der Waals surface area (Å²) in [6, 6.07) is 5.13. The lowest BCUT2D eigenvalue weighted by Gasteiger charge is -2.33. The van der Waals surface area contributed by atoms with Crippen LogP contribution in [0, 0.1) is 0 Å². The molecule has 1 aromatic carbocycles. The third-order valence-corrected chi connectivity index (χ3v) is 5.37. The van der Waals surface area contributed by atoms with Gasteiger partial charge in [0.05, 0.1) is 11.1 Å². The number of fused-ring (bicyclic) bond motifs is 1. The Balaban J connectivity index is 1.92. The largest absolute Gasteiger partial charge is 0.398 e. The van der Waals surface area contributed by atoms with Crippen LogP contribution in [-0.4, -0.2) is 34.3 Å². The SMILES string of the molecule is CSC1CCCC(N2C(=O)c3cccc(N)c3C2=O)C1. The van der Waals surface area contributed by atoms with Crippen molar-refractivity contribution in [1.29, 1.82) is 0 Å². The van der Waals surface area contributed by atoms with E-state index in [4.69, 9.17) is 5.73 Å². The Morgan fingerprint density at radius 2 is 2.05 bits per heavy atom. The molecule has 4 nitrogen and oxygen atoms in total. The summed E-state index contributed by atoms with van der Waals surface area (Å²) in [5.41, 5.74) is 7.12. The number of rotatable bonds is 2. The first kappa shape index (κ1) is 13.5. The minimum absolute atomic E-state index is 0.0213. The average Bonchev–Trinajstić information content (AvgIpc) is 2.72. The number of nitrogen functional groups attached to an aromatic ring is 1. The molecule has 0 saturated heterocycles. The minimum Gasteiger partial charge on any atom is -0.398 e. The van der Waals surface area contributed by atoms with Crippen molar-refractivity contribution in [2.45, 2.75) is 37.0 Å². The van der Waals surface area contributed by atoms with Gasteiger partial charge in [0.15, 0.2) is 0 Å². The highest BCUT2D eigenvalue weighted by Gasteiger charge is 2.42. The molecule has 1 fully saturated rings. The molecule has 5 heteroatoms. The summed E-state index contributed by atoms with van der Waals surface area (Å²) < 4.78 is 0. The molecule has 1 saturated carbocycles. The number of carbonyl (C=O) groups is 2. The van der Waals surface area contributed by atoms with Crippen LogP contribution < -0.4 is 5.73 Å². The summed E-state index contributed by atoms with van der Waals surface area (Å²) in [5.74, 6) is -0.390. The molecular formula is C15H18N2O2S. The van der Waals surface area contributed by atoms with Crippen molar-refractivity contribution in [3.8, 4) is 0 Å². The number of hydrogen-bond donors (Lipinski definition) is 1. The van der Waals surface area contributed by atoms with Crippen LogP contribution in [0.4, 0.5) is 5.69 Å². The van der Waals surface area contributed by atoms with E-state index in [1.165, 1.54) is 11.3 Å². The molecule has 0 aromatic heterocycles. The maximum absolute atomic E-state index is 12.5. The molecule has 106 valence electrons. The van der Waals surface area contributed by atoms with E-state index in [1.54, 1.807) is 18.2 Å². The third-order valence-electron chi connectivity index (χ3n) is 4.28. The topological polar surface area (TPSA) is 63.4 Å². The van der Waals surface area contributed by atoms with E-state index in [9.17, 15) is 9.59 Å². The van der Waals surface area contributed by atoms with Gasteiger partial charge in [-0.3, -0.25) is 14.5 Å². The van der Waals surface area contributed by atoms with Crippen LogP contribution in [0.2, 0.25) is 0 Å². The molecule has 0 bridgehead atoms. The van der Waals surface area contributed by atoms with Crippen molar-refractivity contribution in [3.63, 3.8) is 0 Å². The van der Waals surface area contributed by atoms with E-state index in [0.717, 1.165) is 19.3 Å². The molecule has 2 amide bonds. The zero-order valence-corrected chi connectivity index (χ0v) is 12.3. The van der Waals surface area contributed by atoms with Gasteiger partial charge >= 0.3 is 0 Å². The summed E-state index contributed by atoms with van der Waals surface area (Å²) in [6.07, 6.45) is 6.13. The normalized spacial score (nSPS) is 25.9. The maximum atomic E-state index is 12.5. The van der Waals surface area contributed by atoms with Gasteiger partial charge in [-0.2, -0.15) is 11.8 Å². The zero-order chi connectivity index (χ0) is 14.3. The molecule has 3 rings (SSSR count). The van der Waals surface area contributed by atoms with Crippen molar-refractivity contribution in [2.24, 2.45) is 0 Å². The lowest BCUT2D eigenvalue weighted by atomic mass is 9.93. The Bertz CT molecular complexity index is 573. The summed E-state index contributed by atoms with van der Waals surface area (Å²) in [6.45, 7) is 0. The summed E-state index contributed by atoms with van der Waals surface area (Å²) in [4.78, 5) is 26.5. The standard InChI is InChI=1S/C15H18N2O2S/c1-20-10-5-2-4-9(8-10)17-14(18)11-6-3-7-12(16)13(11)15(17)19/h3,6-7,9-10H,2,4-5,8,16H2,1H3. The van der Waals surface area contributed by atoms with Crippen molar-refractivity contribution >= 4 is 29.3 Å². The van der Waals surface area contributed by atoms with Crippen LogP contribution >= 0.6 is 11.8 Å². The van der Waals surface area contributed by atoms with Crippen LogP contribution in [0.1, 0.15) is 46.4 Å². The summed E-state index contributed by atoms with van der Waals surface area (Å²) >= 11 is 1.82. The second-order valence-electron chi connectivity index (χ2n) is 5.43. The Morgan fingerprint density at radius 1 is 1.25 bits per heavy atom. The monoisotopic (exact) mass is 290 g/mol. The molecule has 2 aliphatic rings. The second kappa shape index (κ2) is 5.13. The van der Waals surface area contributed by atoms with Gasteiger partial charge < -0.3 is 5.73 Å². The van der Waals surface area contributed by atoms with Crippen molar-refractivity contribution in [3.05, 3.63) is 29.3 Å². The number of thioether (sulfide) groups is 1. The van der Waals surface area contributed by atoms with Crippen molar-refractivity contribution in [1.82, 2.24) is 4.90 Å². The molecular weight excluding hydrogens is 272 g/mol. The van der Waals surface area contributed by atoms with E-state index in [1.807, 2.05) is 11.8 Å². The zero-order valence-electron chi connectivity index (χ0n) is 11.5. The fraction of sp³-hybridized carbons (Fsp3) is 0.467. The number of imide groups is 1. The van der Waals surface area contributed by atoms with Gasteiger partial charge in [-0.1, -0.05) is 12.5 Å². The smallest absolute Gasteiger partial charge is 0.263 e. The highest BCUT2D eigenvalue weighted by molar-refractivity contribution is 7.99. The fourth-order valence-corrected chi connectivity index (χ4v) is 4.05. The third kappa shape index (κ3) is 2.00. The molecule has 0 radical (unpaired) electrons. The molecule has 2 unspecified atom stereocenters. The molecule has 1 aliphatic carbocycles. The van der Waals surface area contributed by atoms with E-state index in [2.05, 4.69) is 6.26 Å². The lowest BCUT2D eigenvalue weighted by molar-refractivity contribution is 0.0552. The van der Waals surface area contributed by atoms with Crippen LogP contribution in [0.25, 0.3) is 0 Å². The van der Waals surface area contributed by atoms with E-state index < -0.39 is 0 Å². The molecule has 2 N–H and O–H groups in total. The van der Waals surface area contributed by atoms with Gasteiger partial charge in [0.25, 0.3) is 11.8 Å². The predicted molar refractivity (Wildman–Crippen MR) is 80.9 cm³/mol. The van der Waals surface area contributed by atoms with E-state index in [-0.39, 0.29) is 17.9 Å². The van der Waals surface area contributed by atoms with Crippen molar-refractivity contribution in [2.75, 3.05) is 12.0 Å². The average molecular weight is 290 g/mol. The lowest BCUT2D eigenvalue weighted by Crippen LogP contribution is -2.43. The quantitative estimate of drug-likeness (QED) is 0.671. The van der Waals surface area contributed by atoms with Gasteiger partial charge in [-0.05, 0) is 37.7 Å². The molecule has 1 aromatic rings. The van der Waals surface area contributed by atoms with Gasteiger partial charge in [-0.25, -0.2) is 0 Å².